The first kappa shape index (κ1) is 12.5. The topological polar surface area (TPSA) is 102 Å². The molecule has 98 valence electrons. The lowest BCUT2D eigenvalue weighted by atomic mass is 10.1. The highest BCUT2D eigenvalue weighted by molar-refractivity contribution is 5.75. The largest absolute Gasteiger partial charge is 0.394 e. The molecular formula is C9H15FN2O5. The number of aliphatic hydroxyl groups excluding tert-OH is 3. The van der Waals surface area contributed by atoms with Gasteiger partial charge in [0.2, 0.25) is 0 Å². The molecule has 0 aromatic carbocycles. The second-order valence-electron chi connectivity index (χ2n) is 4.13. The van der Waals surface area contributed by atoms with Crippen LogP contribution in [0.15, 0.2) is 0 Å². The molecule has 0 aliphatic carbocycles. The molecule has 0 aromatic rings. The van der Waals surface area contributed by atoms with E-state index in [1.807, 2.05) is 0 Å². The summed E-state index contributed by atoms with van der Waals surface area (Å²) < 4.78 is 18.8. The van der Waals surface area contributed by atoms with Crippen LogP contribution in [0.1, 0.15) is 6.42 Å². The summed E-state index contributed by atoms with van der Waals surface area (Å²) in [6, 6.07) is -0.651. The summed E-state index contributed by atoms with van der Waals surface area (Å²) in [6.07, 6.45) is -6.18. The van der Waals surface area contributed by atoms with E-state index in [2.05, 4.69) is 5.32 Å². The van der Waals surface area contributed by atoms with Gasteiger partial charge in [-0.2, -0.15) is 0 Å². The first-order valence-corrected chi connectivity index (χ1v) is 5.38. The Balaban J connectivity index is 2.05. The number of halogens is 1. The van der Waals surface area contributed by atoms with Crippen LogP contribution in [0.3, 0.4) is 0 Å². The fourth-order valence-electron chi connectivity index (χ4n) is 2.01. The minimum absolute atomic E-state index is 0.128. The van der Waals surface area contributed by atoms with Gasteiger partial charge in [-0.15, -0.1) is 0 Å². The number of nitrogens with zero attached hydrogens (tertiary/aromatic N) is 1. The number of aliphatic hydroxyl groups is 3. The standard InChI is InChI=1S/C9H15FN2O5/c10-6-7(15)4(3-13)17-8(6)12-2-1-5(14)11-9(12)16/h4-8,13-15H,1-3H2,(H,11,16)/t4-,5?,6+,7-,8?/m1/s1. The number of carbonyl (C=O) groups is 1. The highest BCUT2D eigenvalue weighted by atomic mass is 19.1. The number of hydrogen-bond donors (Lipinski definition) is 4. The van der Waals surface area contributed by atoms with Crippen molar-refractivity contribution < 1.29 is 29.2 Å². The molecule has 0 spiro atoms. The first-order chi connectivity index (χ1) is 8.04. The van der Waals surface area contributed by atoms with Crippen molar-refractivity contribution in [1.82, 2.24) is 10.2 Å². The quantitative estimate of drug-likeness (QED) is 0.460. The van der Waals surface area contributed by atoms with Crippen molar-refractivity contribution in [3.8, 4) is 0 Å². The summed E-state index contributed by atoms with van der Waals surface area (Å²) >= 11 is 0. The molecule has 4 N–H and O–H groups in total. The van der Waals surface area contributed by atoms with Gasteiger partial charge in [0.05, 0.1) is 6.61 Å². The van der Waals surface area contributed by atoms with Crippen LogP contribution < -0.4 is 5.32 Å². The molecular weight excluding hydrogens is 235 g/mol. The van der Waals surface area contributed by atoms with Crippen molar-refractivity contribution in [2.75, 3.05) is 13.2 Å². The lowest BCUT2D eigenvalue weighted by molar-refractivity contribution is -0.0804. The zero-order valence-electron chi connectivity index (χ0n) is 8.99. The lowest BCUT2D eigenvalue weighted by Crippen LogP contribution is -2.57. The number of rotatable bonds is 2. The van der Waals surface area contributed by atoms with E-state index in [0.29, 0.717) is 0 Å². The molecule has 2 amide bonds. The zero-order valence-corrected chi connectivity index (χ0v) is 8.99. The van der Waals surface area contributed by atoms with Crippen LogP contribution in [0.2, 0.25) is 0 Å². The minimum atomic E-state index is -1.77. The molecule has 17 heavy (non-hydrogen) atoms. The average molecular weight is 250 g/mol. The summed E-state index contributed by atoms with van der Waals surface area (Å²) in [7, 11) is 0. The summed E-state index contributed by atoms with van der Waals surface area (Å²) in [5.74, 6) is 0. The molecule has 2 aliphatic heterocycles. The third-order valence-corrected chi connectivity index (χ3v) is 2.98. The fourth-order valence-corrected chi connectivity index (χ4v) is 2.01. The van der Waals surface area contributed by atoms with E-state index < -0.39 is 43.5 Å². The molecule has 2 aliphatic rings. The maximum absolute atomic E-state index is 13.7. The number of carbonyl (C=O) groups excluding carboxylic acids is 1. The van der Waals surface area contributed by atoms with Gasteiger partial charge in [0.25, 0.3) is 0 Å². The zero-order chi connectivity index (χ0) is 12.6. The second kappa shape index (κ2) is 4.73. The van der Waals surface area contributed by atoms with Crippen LogP contribution >= 0.6 is 0 Å². The van der Waals surface area contributed by atoms with Crippen LogP contribution in [-0.2, 0) is 4.74 Å². The third kappa shape index (κ3) is 2.21. The predicted molar refractivity (Wildman–Crippen MR) is 52.5 cm³/mol. The molecule has 0 bridgehead atoms. The monoisotopic (exact) mass is 250 g/mol. The Morgan fingerprint density at radius 1 is 1.53 bits per heavy atom. The van der Waals surface area contributed by atoms with Crippen molar-refractivity contribution in [3.63, 3.8) is 0 Å². The van der Waals surface area contributed by atoms with Gasteiger partial charge in [0.1, 0.15) is 18.4 Å². The van der Waals surface area contributed by atoms with Crippen LogP contribution in [0.5, 0.6) is 0 Å². The molecule has 0 saturated carbocycles. The molecule has 2 heterocycles. The van der Waals surface area contributed by atoms with Gasteiger partial charge in [0.15, 0.2) is 12.4 Å². The van der Waals surface area contributed by atoms with Gasteiger partial charge in [-0.05, 0) is 0 Å². The number of hydrogen-bond acceptors (Lipinski definition) is 5. The SMILES string of the molecule is O=C1NC(O)CCN1C1O[C@H](CO)[C@@H](O)[C@@H]1F. The van der Waals surface area contributed by atoms with Gasteiger partial charge < -0.3 is 25.4 Å². The Kier molecular flexibility index (Phi) is 3.48. The van der Waals surface area contributed by atoms with Gasteiger partial charge in [-0.25, -0.2) is 9.18 Å². The molecule has 2 saturated heterocycles. The van der Waals surface area contributed by atoms with Crippen molar-refractivity contribution in [2.24, 2.45) is 0 Å². The van der Waals surface area contributed by atoms with Crippen LogP contribution in [-0.4, -0.2) is 70.2 Å². The van der Waals surface area contributed by atoms with Gasteiger partial charge in [0, 0.05) is 13.0 Å². The molecule has 0 radical (unpaired) electrons. The normalized spacial score (nSPS) is 42.7. The van der Waals surface area contributed by atoms with E-state index in [1.165, 1.54) is 0 Å². The van der Waals surface area contributed by atoms with Crippen molar-refractivity contribution >= 4 is 6.03 Å². The molecule has 5 atom stereocenters. The average Bonchev–Trinajstić information content (AvgIpc) is 2.57. The summed E-state index contributed by atoms with van der Waals surface area (Å²) in [4.78, 5) is 12.6. The maximum atomic E-state index is 13.7. The molecule has 8 heteroatoms. The minimum Gasteiger partial charge on any atom is -0.394 e. The molecule has 2 unspecified atom stereocenters. The van der Waals surface area contributed by atoms with Crippen molar-refractivity contribution in [2.45, 2.75) is 37.3 Å². The highest BCUT2D eigenvalue weighted by Gasteiger charge is 2.48. The van der Waals surface area contributed by atoms with Gasteiger partial charge >= 0.3 is 6.03 Å². The number of alkyl halides is 1. The Morgan fingerprint density at radius 3 is 2.76 bits per heavy atom. The summed E-state index contributed by atoms with van der Waals surface area (Å²) in [6.45, 7) is -0.390. The molecule has 2 fully saturated rings. The number of amides is 2. The van der Waals surface area contributed by atoms with E-state index in [9.17, 15) is 19.4 Å². The Labute approximate surface area is 96.8 Å². The van der Waals surface area contributed by atoms with E-state index in [4.69, 9.17) is 9.84 Å². The molecule has 0 aromatic heterocycles. The van der Waals surface area contributed by atoms with Crippen molar-refractivity contribution in [1.29, 1.82) is 0 Å². The Hall–Kier alpha value is -0.960. The first-order valence-electron chi connectivity index (χ1n) is 5.38. The third-order valence-electron chi connectivity index (χ3n) is 2.98. The van der Waals surface area contributed by atoms with Gasteiger partial charge in [-0.3, -0.25) is 4.90 Å². The fraction of sp³-hybridized carbons (Fsp3) is 0.889. The molecule has 2 rings (SSSR count). The predicted octanol–water partition coefficient (Wildman–Crippen LogP) is -1.86. The van der Waals surface area contributed by atoms with E-state index in [0.717, 1.165) is 4.90 Å². The number of nitrogens with one attached hydrogen (secondary N) is 1. The van der Waals surface area contributed by atoms with E-state index >= 15 is 0 Å². The Morgan fingerprint density at radius 2 is 2.24 bits per heavy atom. The lowest BCUT2D eigenvalue weighted by Gasteiger charge is -2.34. The van der Waals surface area contributed by atoms with Crippen LogP contribution in [0, 0.1) is 0 Å². The van der Waals surface area contributed by atoms with E-state index in [1.54, 1.807) is 0 Å². The maximum Gasteiger partial charge on any atom is 0.321 e. The number of ether oxygens (including phenoxy) is 1. The highest BCUT2D eigenvalue weighted by Crippen LogP contribution is 2.27. The van der Waals surface area contributed by atoms with Crippen LogP contribution in [0.4, 0.5) is 9.18 Å². The van der Waals surface area contributed by atoms with Crippen molar-refractivity contribution in [3.05, 3.63) is 0 Å². The van der Waals surface area contributed by atoms with Crippen LogP contribution in [0.25, 0.3) is 0 Å². The van der Waals surface area contributed by atoms with E-state index in [-0.39, 0.29) is 13.0 Å². The summed E-state index contributed by atoms with van der Waals surface area (Å²) in [5, 5.41) is 29.7. The smallest absolute Gasteiger partial charge is 0.321 e. The van der Waals surface area contributed by atoms with Gasteiger partial charge in [-0.1, -0.05) is 0 Å². The molecule has 7 nitrogen and oxygen atoms in total. The number of urea groups is 1. The second-order valence-corrected chi connectivity index (χ2v) is 4.13. The Bertz CT molecular complexity index is 305. The summed E-state index contributed by atoms with van der Waals surface area (Å²) in [5.41, 5.74) is 0.